The van der Waals surface area contributed by atoms with Crippen LogP contribution in [-0.2, 0) is 17.8 Å². The molecule has 5 nitrogen and oxygen atoms in total. The molecule has 1 N–H and O–H groups in total. The highest BCUT2D eigenvalue weighted by atomic mass is 16.1. The van der Waals surface area contributed by atoms with Gasteiger partial charge in [0.25, 0.3) is 0 Å². The molecular weight excluding hydrogens is 360 g/mol. The number of aromatic nitrogens is 1. The van der Waals surface area contributed by atoms with E-state index in [0.29, 0.717) is 6.42 Å². The molecule has 3 aromatic rings. The number of likely N-dealkylation sites (N-methyl/N-ethyl adjacent to an activating group) is 1. The van der Waals surface area contributed by atoms with Crippen LogP contribution in [0.3, 0.4) is 0 Å². The number of piperazine rings is 1. The lowest BCUT2D eigenvalue weighted by molar-refractivity contribution is -0.115. The van der Waals surface area contributed by atoms with Crippen LogP contribution in [0.25, 0.3) is 5.69 Å². The number of benzene rings is 2. The summed E-state index contributed by atoms with van der Waals surface area (Å²) >= 11 is 0. The molecule has 1 aliphatic heterocycles. The van der Waals surface area contributed by atoms with Crippen molar-refractivity contribution < 1.29 is 4.79 Å². The topological polar surface area (TPSA) is 40.5 Å². The Hall–Kier alpha value is -2.89. The van der Waals surface area contributed by atoms with Gasteiger partial charge in [0, 0.05) is 56.5 Å². The third-order valence-electron chi connectivity index (χ3n) is 5.42. The molecule has 0 saturated carbocycles. The van der Waals surface area contributed by atoms with E-state index in [0.717, 1.165) is 49.7 Å². The molecule has 29 heavy (non-hydrogen) atoms. The Morgan fingerprint density at radius 2 is 1.62 bits per heavy atom. The van der Waals surface area contributed by atoms with Crippen LogP contribution < -0.4 is 5.32 Å². The Labute approximate surface area is 172 Å². The summed E-state index contributed by atoms with van der Waals surface area (Å²) in [5.74, 6) is 0.00969. The fourth-order valence-corrected chi connectivity index (χ4v) is 3.69. The number of nitrogens with zero attached hydrogens (tertiary/aromatic N) is 3. The molecule has 4 rings (SSSR count). The molecule has 0 spiro atoms. The molecule has 0 unspecified atom stereocenters. The summed E-state index contributed by atoms with van der Waals surface area (Å²) < 4.78 is 2.05. The summed E-state index contributed by atoms with van der Waals surface area (Å²) in [4.78, 5) is 17.3. The van der Waals surface area contributed by atoms with Gasteiger partial charge in [-0.15, -0.1) is 0 Å². The normalized spacial score (nSPS) is 15.3. The minimum absolute atomic E-state index is 0.00969. The molecule has 0 aliphatic carbocycles. The van der Waals surface area contributed by atoms with Gasteiger partial charge in [-0.1, -0.05) is 24.3 Å². The first-order valence-electron chi connectivity index (χ1n) is 10.2. The molecule has 5 heteroatoms. The zero-order valence-corrected chi connectivity index (χ0v) is 16.9. The number of hydrogen-bond acceptors (Lipinski definition) is 3. The summed E-state index contributed by atoms with van der Waals surface area (Å²) in [5, 5.41) is 3.05. The average molecular weight is 389 g/mol. The van der Waals surface area contributed by atoms with Crippen molar-refractivity contribution in [2.24, 2.45) is 0 Å². The van der Waals surface area contributed by atoms with Crippen LogP contribution in [0.5, 0.6) is 0 Å². The lowest BCUT2D eigenvalue weighted by atomic mass is 10.1. The highest BCUT2D eigenvalue weighted by molar-refractivity contribution is 5.92. The Morgan fingerprint density at radius 1 is 0.897 bits per heavy atom. The zero-order chi connectivity index (χ0) is 20.1. The number of nitrogens with one attached hydrogen (secondary N) is 1. The Balaban J connectivity index is 1.32. The van der Waals surface area contributed by atoms with Gasteiger partial charge in [0.15, 0.2) is 0 Å². The van der Waals surface area contributed by atoms with Crippen molar-refractivity contribution in [1.82, 2.24) is 14.4 Å². The number of carbonyl (C=O) groups is 1. The fraction of sp³-hybridized carbons (Fsp3) is 0.292. The summed E-state index contributed by atoms with van der Waals surface area (Å²) in [6, 6.07) is 20.3. The van der Waals surface area contributed by atoms with Crippen LogP contribution in [0.1, 0.15) is 11.1 Å². The second-order valence-corrected chi connectivity index (χ2v) is 7.76. The van der Waals surface area contributed by atoms with Crippen molar-refractivity contribution in [2.75, 3.05) is 38.5 Å². The lowest BCUT2D eigenvalue weighted by Crippen LogP contribution is -2.43. The fourth-order valence-electron chi connectivity index (χ4n) is 3.69. The largest absolute Gasteiger partial charge is 0.326 e. The van der Waals surface area contributed by atoms with E-state index in [-0.39, 0.29) is 5.91 Å². The minimum atomic E-state index is 0.00969. The first kappa shape index (κ1) is 19.4. The van der Waals surface area contributed by atoms with Gasteiger partial charge >= 0.3 is 0 Å². The highest BCUT2D eigenvalue weighted by Crippen LogP contribution is 2.15. The van der Waals surface area contributed by atoms with E-state index >= 15 is 0 Å². The second kappa shape index (κ2) is 9.07. The molecule has 1 saturated heterocycles. The van der Waals surface area contributed by atoms with E-state index in [1.807, 2.05) is 60.9 Å². The maximum atomic E-state index is 12.5. The van der Waals surface area contributed by atoms with Gasteiger partial charge < -0.3 is 14.8 Å². The van der Waals surface area contributed by atoms with E-state index in [2.05, 4.69) is 38.9 Å². The molecular formula is C24H28N4O. The van der Waals surface area contributed by atoms with Crippen LogP contribution in [0.2, 0.25) is 0 Å². The molecule has 150 valence electrons. The van der Waals surface area contributed by atoms with Crippen molar-refractivity contribution in [3.05, 3.63) is 84.2 Å². The molecule has 0 atom stereocenters. The predicted octanol–water partition coefficient (Wildman–Crippen LogP) is 3.41. The van der Waals surface area contributed by atoms with Crippen LogP contribution >= 0.6 is 0 Å². The minimum Gasteiger partial charge on any atom is -0.326 e. The van der Waals surface area contributed by atoms with Crippen molar-refractivity contribution >= 4 is 11.6 Å². The number of rotatable bonds is 6. The molecule has 1 aromatic heterocycles. The Morgan fingerprint density at radius 3 is 2.34 bits per heavy atom. The van der Waals surface area contributed by atoms with Crippen LogP contribution in [0.15, 0.2) is 73.1 Å². The summed E-state index contributed by atoms with van der Waals surface area (Å²) in [6.45, 7) is 5.33. The molecule has 0 radical (unpaired) electrons. The molecule has 1 amide bonds. The first-order valence-corrected chi connectivity index (χ1v) is 10.2. The monoisotopic (exact) mass is 388 g/mol. The van der Waals surface area contributed by atoms with E-state index in [9.17, 15) is 4.79 Å². The van der Waals surface area contributed by atoms with Gasteiger partial charge in [0.2, 0.25) is 5.91 Å². The third kappa shape index (κ3) is 5.34. The molecule has 2 heterocycles. The third-order valence-corrected chi connectivity index (χ3v) is 5.42. The van der Waals surface area contributed by atoms with Gasteiger partial charge in [0.05, 0.1) is 6.42 Å². The number of carbonyl (C=O) groups excluding carboxylic acids is 1. The number of amides is 1. The average Bonchev–Trinajstić information content (AvgIpc) is 3.25. The van der Waals surface area contributed by atoms with Crippen LogP contribution in [0, 0.1) is 0 Å². The van der Waals surface area contributed by atoms with Gasteiger partial charge in [-0.25, -0.2) is 0 Å². The molecule has 2 aromatic carbocycles. The maximum Gasteiger partial charge on any atom is 0.228 e. The summed E-state index contributed by atoms with van der Waals surface area (Å²) in [7, 11) is 2.17. The summed E-state index contributed by atoms with van der Waals surface area (Å²) in [6.07, 6.45) is 4.39. The Kier molecular flexibility index (Phi) is 6.08. The van der Waals surface area contributed by atoms with Crippen molar-refractivity contribution in [1.29, 1.82) is 0 Å². The summed E-state index contributed by atoms with van der Waals surface area (Å²) in [5.41, 5.74) is 4.21. The smallest absolute Gasteiger partial charge is 0.228 e. The number of hydrogen-bond donors (Lipinski definition) is 1. The van der Waals surface area contributed by atoms with E-state index in [1.54, 1.807) is 0 Å². The molecule has 1 fully saturated rings. The first-order chi connectivity index (χ1) is 14.2. The second-order valence-electron chi connectivity index (χ2n) is 7.76. The van der Waals surface area contributed by atoms with Gasteiger partial charge in [-0.05, 0) is 54.6 Å². The van der Waals surface area contributed by atoms with E-state index < -0.39 is 0 Å². The lowest BCUT2D eigenvalue weighted by Gasteiger charge is -2.32. The predicted molar refractivity (Wildman–Crippen MR) is 117 cm³/mol. The van der Waals surface area contributed by atoms with Crippen molar-refractivity contribution in [3.8, 4) is 5.69 Å². The van der Waals surface area contributed by atoms with Crippen molar-refractivity contribution in [2.45, 2.75) is 13.0 Å². The maximum absolute atomic E-state index is 12.5. The van der Waals surface area contributed by atoms with Crippen LogP contribution in [0.4, 0.5) is 5.69 Å². The zero-order valence-electron chi connectivity index (χ0n) is 16.9. The highest BCUT2D eigenvalue weighted by Gasteiger charge is 2.14. The van der Waals surface area contributed by atoms with Gasteiger partial charge in [0.1, 0.15) is 0 Å². The van der Waals surface area contributed by atoms with E-state index in [1.165, 1.54) is 5.56 Å². The molecule has 1 aliphatic rings. The molecule has 0 bridgehead atoms. The standard InChI is InChI=1S/C24H28N4O/c1-26-13-15-27(16-14-26)19-21-5-4-6-22(17-21)25-24(29)18-20-7-9-23(10-8-20)28-11-2-3-12-28/h2-12,17H,13-16,18-19H2,1H3,(H,25,29). The van der Waals surface area contributed by atoms with Crippen molar-refractivity contribution in [3.63, 3.8) is 0 Å². The quantitative estimate of drug-likeness (QED) is 0.704. The van der Waals surface area contributed by atoms with Gasteiger partial charge in [-0.3, -0.25) is 9.69 Å². The Bertz CT molecular complexity index is 926. The van der Waals surface area contributed by atoms with Gasteiger partial charge in [-0.2, -0.15) is 0 Å². The van der Waals surface area contributed by atoms with Crippen LogP contribution in [-0.4, -0.2) is 53.5 Å². The number of anilines is 1. The SMILES string of the molecule is CN1CCN(Cc2cccc(NC(=O)Cc3ccc(-n4cccc4)cc3)c2)CC1. The van der Waals surface area contributed by atoms with E-state index in [4.69, 9.17) is 0 Å².